The molecular formula is C5H5BrClN3. The van der Waals surface area contributed by atoms with Gasteiger partial charge >= 0.3 is 0 Å². The van der Waals surface area contributed by atoms with Crippen LogP contribution in [0.5, 0.6) is 0 Å². The third-order valence-corrected chi connectivity index (χ3v) is 1.62. The van der Waals surface area contributed by atoms with Crippen molar-refractivity contribution >= 4 is 32.7 Å². The van der Waals surface area contributed by atoms with Gasteiger partial charge in [0.15, 0.2) is 5.17 Å². The third-order valence-electron chi connectivity index (χ3n) is 0.935. The normalized spacial score (nSPS) is 21.6. The Balaban J connectivity index is 2.94. The Morgan fingerprint density at radius 3 is 2.90 bits per heavy atom. The Kier molecular flexibility index (Phi) is 2.34. The number of nitrogens with zero attached hydrogens (tertiary/aromatic N) is 1. The minimum atomic E-state index is 0.358. The Bertz CT molecular complexity index is 227. The molecule has 3 nitrogen and oxygen atoms in total. The number of hydrogen-bond donors (Lipinski definition) is 2. The third kappa shape index (κ3) is 1.52. The molecule has 0 bridgehead atoms. The second-order valence-corrected chi connectivity index (χ2v) is 2.82. The van der Waals surface area contributed by atoms with Gasteiger partial charge in [0.2, 0.25) is 0 Å². The molecule has 1 heterocycles. The Morgan fingerprint density at radius 2 is 2.50 bits per heavy atom. The van der Waals surface area contributed by atoms with Crippen molar-refractivity contribution in [1.82, 2.24) is 5.32 Å². The highest BCUT2D eigenvalue weighted by molar-refractivity contribution is 9.11. The highest BCUT2D eigenvalue weighted by atomic mass is 79.9. The summed E-state index contributed by atoms with van der Waals surface area (Å²) in [5, 5.41) is 3.19. The van der Waals surface area contributed by atoms with Crippen molar-refractivity contribution in [3.63, 3.8) is 0 Å². The second kappa shape index (κ2) is 3.07. The number of halogens is 2. The fraction of sp³-hybridized carbons (Fsp3) is 0. The van der Waals surface area contributed by atoms with Crippen LogP contribution < -0.4 is 11.1 Å². The van der Waals surface area contributed by atoms with Crippen LogP contribution in [0.2, 0.25) is 0 Å². The van der Waals surface area contributed by atoms with Crippen molar-refractivity contribution in [3.8, 4) is 0 Å². The summed E-state index contributed by atoms with van der Waals surface area (Å²) in [6, 6.07) is 0. The lowest BCUT2D eigenvalue weighted by Crippen LogP contribution is -2.17. The van der Waals surface area contributed by atoms with Crippen molar-refractivity contribution in [3.05, 3.63) is 22.7 Å². The molecule has 0 unspecified atom stereocenters. The van der Waals surface area contributed by atoms with Gasteiger partial charge in [-0.05, 0) is 15.9 Å². The van der Waals surface area contributed by atoms with E-state index >= 15 is 0 Å². The molecule has 0 aromatic heterocycles. The van der Waals surface area contributed by atoms with Crippen LogP contribution in [0.25, 0.3) is 0 Å². The highest BCUT2D eigenvalue weighted by Crippen LogP contribution is 2.10. The molecule has 10 heavy (non-hydrogen) atoms. The number of aliphatic imine (C=N–C) groups is 1. The molecule has 5 heteroatoms. The van der Waals surface area contributed by atoms with Crippen LogP contribution in [-0.4, -0.2) is 5.17 Å². The van der Waals surface area contributed by atoms with Crippen molar-refractivity contribution in [1.29, 1.82) is 0 Å². The zero-order valence-electron chi connectivity index (χ0n) is 4.94. The molecule has 0 amide bonds. The highest BCUT2D eigenvalue weighted by Gasteiger charge is 2.07. The number of rotatable bonds is 0. The molecule has 1 rings (SSSR count). The summed E-state index contributed by atoms with van der Waals surface area (Å²) in [6.07, 6.45) is 3.21. The van der Waals surface area contributed by atoms with Crippen LogP contribution >= 0.6 is 27.5 Å². The van der Waals surface area contributed by atoms with E-state index in [1.807, 2.05) is 0 Å². The van der Waals surface area contributed by atoms with Gasteiger partial charge in [0.25, 0.3) is 0 Å². The maximum Gasteiger partial charge on any atom is 0.155 e. The fourth-order valence-corrected chi connectivity index (χ4v) is 1.14. The average Bonchev–Trinajstić information content (AvgIpc) is 1.88. The summed E-state index contributed by atoms with van der Waals surface area (Å²) in [6.45, 7) is 0. The van der Waals surface area contributed by atoms with Gasteiger partial charge in [-0.2, -0.15) is 0 Å². The first kappa shape index (κ1) is 7.63. The average molecular weight is 222 g/mol. The van der Waals surface area contributed by atoms with Gasteiger partial charge in [0, 0.05) is 12.4 Å². The van der Waals surface area contributed by atoms with E-state index in [1.165, 1.54) is 0 Å². The summed E-state index contributed by atoms with van der Waals surface area (Å²) in [5.41, 5.74) is 5.99. The molecule has 0 saturated carbocycles. The number of nitrogens with one attached hydrogen (secondary N) is 1. The topological polar surface area (TPSA) is 50.4 Å². The maximum absolute atomic E-state index is 5.65. The van der Waals surface area contributed by atoms with Crippen LogP contribution in [0.1, 0.15) is 0 Å². The van der Waals surface area contributed by atoms with Crippen LogP contribution in [0.3, 0.4) is 0 Å². The zero-order chi connectivity index (χ0) is 7.56. The minimum absolute atomic E-state index is 0.358. The van der Waals surface area contributed by atoms with E-state index in [1.54, 1.807) is 12.4 Å². The second-order valence-electron chi connectivity index (χ2n) is 1.60. The van der Waals surface area contributed by atoms with Gasteiger partial charge in [-0.25, -0.2) is 4.99 Å². The van der Waals surface area contributed by atoms with Crippen molar-refractivity contribution in [2.75, 3.05) is 0 Å². The zero-order valence-corrected chi connectivity index (χ0v) is 7.28. The summed E-state index contributed by atoms with van der Waals surface area (Å²) in [7, 11) is 0. The maximum atomic E-state index is 5.65. The van der Waals surface area contributed by atoms with Gasteiger partial charge in [-0.15, -0.1) is 0 Å². The molecule has 0 radical (unpaired) electrons. The van der Waals surface area contributed by atoms with E-state index in [0.717, 1.165) is 0 Å². The number of hydrogen-bond acceptors (Lipinski definition) is 3. The van der Waals surface area contributed by atoms with E-state index in [0.29, 0.717) is 15.5 Å². The predicted molar refractivity (Wildman–Crippen MR) is 45.7 cm³/mol. The lowest BCUT2D eigenvalue weighted by molar-refractivity contribution is 1.09. The lowest BCUT2D eigenvalue weighted by atomic mass is 10.4. The van der Waals surface area contributed by atoms with Gasteiger partial charge in [-0.3, -0.25) is 0 Å². The SMILES string of the molecule is N/C(Br)=C1\NC=CN=C1Cl. The van der Waals surface area contributed by atoms with Crippen molar-refractivity contribution < 1.29 is 0 Å². The van der Waals surface area contributed by atoms with E-state index < -0.39 is 0 Å². The predicted octanol–water partition coefficient (Wildman–Crippen LogP) is 1.22. The molecule has 0 fully saturated rings. The molecule has 0 atom stereocenters. The van der Waals surface area contributed by atoms with E-state index in [-0.39, 0.29) is 0 Å². The first-order chi connectivity index (χ1) is 4.72. The van der Waals surface area contributed by atoms with Gasteiger partial charge < -0.3 is 11.1 Å². The molecule has 3 N–H and O–H groups in total. The number of allylic oxidation sites excluding steroid dienone is 1. The summed E-state index contributed by atoms with van der Waals surface area (Å²) in [5.74, 6) is 0. The first-order valence-electron chi connectivity index (χ1n) is 2.52. The fourth-order valence-electron chi connectivity index (χ4n) is 0.515. The molecule has 1 aliphatic heterocycles. The molecule has 1 aliphatic rings. The smallest absolute Gasteiger partial charge is 0.155 e. The largest absolute Gasteiger partial charge is 0.391 e. The molecular weight excluding hydrogens is 217 g/mol. The van der Waals surface area contributed by atoms with Gasteiger partial charge in [0.1, 0.15) is 10.3 Å². The minimum Gasteiger partial charge on any atom is -0.391 e. The van der Waals surface area contributed by atoms with Crippen LogP contribution in [-0.2, 0) is 0 Å². The summed E-state index contributed by atoms with van der Waals surface area (Å²) >= 11 is 8.72. The molecule has 0 aromatic rings. The Morgan fingerprint density at radius 1 is 1.80 bits per heavy atom. The summed E-state index contributed by atoms with van der Waals surface area (Å²) in [4.78, 5) is 3.80. The first-order valence-corrected chi connectivity index (χ1v) is 3.69. The molecule has 0 aromatic carbocycles. The molecule has 0 spiro atoms. The van der Waals surface area contributed by atoms with Crippen molar-refractivity contribution in [2.45, 2.75) is 0 Å². The van der Waals surface area contributed by atoms with Crippen LogP contribution in [0, 0.1) is 0 Å². The van der Waals surface area contributed by atoms with E-state index in [9.17, 15) is 0 Å². The van der Waals surface area contributed by atoms with Crippen LogP contribution in [0.15, 0.2) is 27.7 Å². The lowest BCUT2D eigenvalue weighted by Gasteiger charge is -2.08. The van der Waals surface area contributed by atoms with Crippen LogP contribution in [0.4, 0.5) is 0 Å². The number of nitrogens with two attached hydrogens (primary N) is 1. The van der Waals surface area contributed by atoms with Crippen molar-refractivity contribution in [2.24, 2.45) is 10.7 Å². The Labute approximate surface area is 71.8 Å². The molecule has 0 saturated heterocycles. The monoisotopic (exact) mass is 221 g/mol. The molecule has 54 valence electrons. The van der Waals surface area contributed by atoms with Gasteiger partial charge in [0.05, 0.1) is 0 Å². The van der Waals surface area contributed by atoms with Gasteiger partial charge in [-0.1, -0.05) is 11.6 Å². The quantitative estimate of drug-likeness (QED) is 0.606. The summed E-state index contributed by atoms with van der Waals surface area (Å²) < 4.78 is 0.450. The Hall–Kier alpha value is -0.480. The molecule has 0 aliphatic carbocycles. The van der Waals surface area contributed by atoms with E-state index in [4.69, 9.17) is 17.3 Å². The van der Waals surface area contributed by atoms with E-state index in [2.05, 4.69) is 26.2 Å². The standard InChI is InChI=1S/C5H5BrClN3/c6-4(8)3-5(7)10-2-1-9-3/h1-2,9H,8H2/b4-3-.